The molecular formula is C20H37NO5. The van der Waals surface area contributed by atoms with E-state index >= 15 is 0 Å². The van der Waals surface area contributed by atoms with Gasteiger partial charge in [-0.2, -0.15) is 0 Å². The minimum Gasteiger partial charge on any atom is -0.498 e. The van der Waals surface area contributed by atoms with Gasteiger partial charge in [0.15, 0.2) is 0 Å². The maximum Gasteiger partial charge on any atom is 0.144 e. The fraction of sp³-hybridized carbons (Fsp3) is 0.800. The predicted molar refractivity (Wildman–Crippen MR) is 103 cm³/mol. The zero-order chi connectivity index (χ0) is 19.0. The highest BCUT2D eigenvalue weighted by atomic mass is 16.6. The van der Waals surface area contributed by atoms with Gasteiger partial charge < -0.3 is 28.6 Å². The van der Waals surface area contributed by atoms with Gasteiger partial charge in [-0.25, -0.2) is 0 Å². The third-order valence-electron chi connectivity index (χ3n) is 4.18. The van der Waals surface area contributed by atoms with Gasteiger partial charge in [-0.05, 0) is 32.0 Å². The largest absolute Gasteiger partial charge is 0.498 e. The average molecular weight is 372 g/mol. The number of hydrogen-bond donors (Lipinski definition) is 0. The summed E-state index contributed by atoms with van der Waals surface area (Å²) in [4.78, 5) is 2.44. The lowest BCUT2D eigenvalue weighted by Gasteiger charge is -2.27. The molecule has 1 aliphatic rings. The van der Waals surface area contributed by atoms with E-state index in [0.717, 1.165) is 32.0 Å². The third kappa shape index (κ3) is 9.14. The van der Waals surface area contributed by atoms with Crippen LogP contribution in [-0.4, -0.2) is 84.0 Å². The monoisotopic (exact) mass is 371 g/mol. The second kappa shape index (κ2) is 15.2. The van der Waals surface area contributed by atoms with E-state index in [-0.39, 0.29) is 12.2 Å². The smallest absolute Gasteiger partial charge is 0.144 e. The Kier molecular flexibility index (Phi) is 13.5. The van der Waals surface area contributed by atoms with Crippen LogP contribution in [0.4, 0.5) is 0 Å². The summed E-state index contributed by atoms with van der Waals surface area (Å²) < 4.78 is 27.9. The molecule has 0 saturated carbocycles. The molecule has 0 saturated heterocycles. The molecule has 0 radical (unpaired) electrons. The van der Waals surface area contributed by atoms with Gasteiger partial charge in [0.05, 0.1) is 40.1 Å². The lowest BCUT2D eigenvalue weighted by molar-refractivity contribution is -0.0609. The number of rotatable bonds is 16. The van der Waals surface area contributed by atoms with Crippen LogP contribution in [0.5, 0.6) is 0 Å². The summed E-state index contributed by atoms with van der Waals surface area (Å²) >= 11 is 0. The van der Waals surface area contributed by atoms with Crippen LogP contribution < -0.4 is 0 Å². The van der Waals surface area contributed by atoms with Crippen LogP contribution in [0.25, 0.3) is 0 Å². The highest BCUT2D eigenvalue weighted by molar-refractivity contribution is 5.22. The maximum atomic E-state index is 5.86. The van der Waals surface area contributed by atoms with E-state index in [1.807, 2.05) is 18.2 Å². The number of methoxy groups -OCH3 is 2. The SMILES string of the molecule is CCCN(CCC)CCOCCOCCOC1C(OC)=CC=CC1OC. The van der Waals surface area contributed by atoms with Crippen LogP contribution >= 0.6 is 0 Å². The second-order valence-electron chi connectivity index (χ2n) is 6.22. The van der Waals surface area contributed by atoms with Crippen molar-refractivity contribution in [3.63, 3.8) is 0 Å². The Bertz CT molecular complexity index is 394. The van der Waals surface area contributed by atoms with Gasteiger partial charge in [-0.3, -0.25) is 0 Å². The molecule has 0 heterocycles. The molecule has 0 aliphatic heterocycles. The Hall–Kier alpha value is -0.920. The maximum absolute atomic E-state index is 5.86. The summed E-state index contributed by atoms with van der Waals surface area (Å²) in [5.74, 6) is 0.770. The Morgan fingerprint density at radius 2 is 1.54 bits per heavy atom. The van der Waals surface area contributed by atoms with Crippen molar-refractivity contribution >= 4 is 0 Å². The summed E-state index contributed by atoms with van der Waals surface area (Å²) in [5.41, 5.74) is 0. The molecule has 0 fully saturated rings. The van der Waals surface area contributed by atoms with Crippen molar-refractivity contribution < 1.29 is 23.7 Å². The van der Waals surface area contributed by atoms with E-state index in [4.69, 9.17) is 23.7 Å². The molecule has 26 heavy (non-hydrogen) atoms. The summed E-state index contributed by atoms with van der Waals surface area (Å²) in [6.45, 7) is 10.7. The molecule has 6 heteroatoms. The molecule has 6 nitrogen and oxygen atoms in total. The zero-order valence-corrected chi connectivity index (χ0v) is 16.9. The van der Waals surface area contributed by atoms with E-state index in [2.05, 4.69) is 18.7 Å². The standard InChI is InChI=1S/C20H37NO5/c1-5-10-21(11-6-2)12-13-24-14-15-25-16-17-26-20-18(22-3)8-7-9-19(20)23-4/h7-9,18,20H,5-6,10-17H2,1-4H3. The molecule has 0 aromatic rings. The van der Waals surface area contributed by atoms with Gasteiger partial charge in [0.25, 0.3) is 0 Å². The van der Waals surface area contributed by atoms with E-state index < -0.39 is 0 Å². The van der Waals surface area contributed by atoms with Crippen molar-refractivity contribution in [2.45, 2.75) is 38.9 Å². The Balaban J connectivity index is 2.05. The zero-order valence-electron chi connectivity index (χ0n) is 16.9. The molecule has 0 spiro atoms. The highest BCUT2D eigenvalue weighted by Gasteiger charge is 2.26. The summed E-state index contributed by atoms with van der Waals surface area (Å²) in [6.07, 6.45) is 7.79. The average Bonchev–Trinajstić information content (AvgIpc) is 2.66. The number of allylic oxidation sites excluding steroid dienone is 2. The Labute approximate surface area is 159 Å². The van der Waals surface area contributed by atoms with Crippen molar-refractivity contribution in [2.24, 2.45) is 0 Å². The van der Waals surface area contributed by atoms with E-state index in [0.29, 0.717) is 26.4 Å². The number of ether oxygens (including phenoxy) is 5. The van der Waals surface area contributed by atoms with Crippen LogP contribution in [0.1, 0.15) is 26.7 Å². The topological polar surface area (TPSA) is 49.4 Å². The number of nitrogens with zero attached hydrogens (tertiary/aromatic N) is 1. The fourth-order valence-corrected chi connectivity index (χ4v) is 2.90. The van der Waals surface area contributed by atoms with E-state index in [1.165, 1.54) is 12.8 Å². The van der Waals surface area contributed by atoms with Gasteiger partial charge in [-0.1, -0.05) is 26.0 Å². The van der Waals surface area contributed by atoms with Crippen LogP contribution in [0.15, 0.2) is 24.0 Å². The minimum atomic E-state index is -0.224. The van der Waals surface area contributed by atoms with Crippen molar-refractivity contribution in [2.75, 3.05) is 66.9 Å². The summed E-state index contributed by atoms with van der Waals surface area (Å²) in [7, 11) is 3.31. The Morgan fingerprint density at radius 1 is 0.885 bits per heavy atom. The van der Waals surface area contributed by atoms with Crippen molar-refractivity contribution in [3.05, 3.63) is 24.0 Å². The van der Waals surface area contributed by atoms with Gasteiger partial charge in [-0.15, -0.1) is 0 Å². The van der Waals surface area contributed by atoms with Crippen LogP contribution in [0.2, 0.25) is 0 Å². The molecular weight excluding hydrogens is 334 g/mol. The molecule has 0 aromatic heterocycles. The molecule has 0 bridgehead atoms. The molecule has 2 unspecified atom stereocenters. The number of hydrogen-bond acceptors (Lipinski definition) is 6. The van der Waals surface area contributed by atoms with Crippen LogP contribution in [0, 0.1) is 0 Å². The lowest BCUT2D eigenvalue weighted by atomic mass is 10.1. The molecule has 152 valence electrons. The summed E-state index contributed by atoms with van der Waals surface area (Å²) in [6, 6.07) is 0. The van der Waals surface area contributed by atoms with Gasteiger partial charge >= 0.3 is 0 Å². The highest BCUT2D eigenvalue weighted by Crippen LogP contribution is 2.19. The first-order valence-corrected chi connectivity index (χ1v) is 9.71. The van der Waals surface area contributed by atoms with Crippen molar-refractivity contribution in [3.8, 4) is 0 Å². The molecule has 0 N–H and O–H groups in total. The molecule has 1 rings (SSSR count). The third-order valence-corrected chi connectivity index (χ3v) is 4.18. The van der Waals surface area contributed by atoms with Gasteiger partial charge in [0, 0.05) is 13.7 Å². The molecule has 1 aliphatic carbocycles. The minimum absolute atomic E-state index is 0.132. The summed E-state index contributed by atoms with van der Waals surface area (Å²) in [5, 5.41) is 0. The van der Waals surface area contributed by atoms with Gasteiger partial charge in [0.2, 0.25) is 0 Å². The molecule has 0 amide bonds. The Morgan fingerprint density at radius 3 is 2.15 bits per heavy atom. The predicted octanol–water partition coefficient (Wildman–Crippen LogP) is 2.64. The molecule has 0 aromatic carbocycles. The first-order valence-electron chi connectivity index (χ1n) is 9.71. The van der Waals surface area contributed by atoms with Crippen molar-refractivity contribution in [1.29, 1.82) is 0 Å². The van der Waals surface area contributed by atoms with Crippen LogP contribution in [0.3, 0.4) is 0 Å². The lowest BCUT2D eigenvalue weighted by Crippen LogP contribution is -2.34. The van der Waals surface area contributed by atoms with Gasteiger partial charge in [0.1, 0.15) is 18.0 Å². The second-order valence-corrected chi connectivity index (χ2v) is 6.22. The first-order chi connectivity index (χ1) is 12.8. The first kappa shape index (κ1) is 23.1. The molecule has 2 atom stereocenters. The normalized spacial score (nSPS) is 19.8. The van der Waals surface area contributed by atoms with Crippen molar-refractivity contribution in [1.82, 2.24) is 4.90 Å². The fourth-order valence-electron chi connectivity index (χ4n) is 2.90. The van der Waals surface area contributed by atoms with E-state index in [1.54, 1.807) is 14.2 Å². The quantitative estimate of drug-likeness (QED) is 0.389. The van der Waals surface area contributed by atoms with Crippen LogP contribution in [-0.2, 0) is 23.7 Å². The van der Waals surface area contributed by atoms with E-state index in [9.17, 15) is 0 Å².